The van der Waals surface area contributed by atoms with E-state index >= 15 is 0 Å². The molecule has 1 N–H and O–H groups in total. The summed E-state index contributed by atoms with van der Waals surface area (Å²) in [5, 5.41) is 2.52. The Hall–Kier alpha value is -1.84. The number of methoxy groups -OCH3 is 1. The van der Waals surface area contributed by atoms with Crippen LogP contribution in [0.4, 0.5) is 5.69 Å². The van der Waals surface area contributed by atoms with Gasteiger partial charge in [0.1, 0.15) is 5.75 Å². The number of amides is 1. The maximum atomic E-state index is 11.3. The van der Waals surface area contributed by atoms with Crippen LogP contribution in [0, 0.1) is 13.8 Å². The number of ether oxygens (including phenoxy) is 1. The molecule has 4 heteroatoms. The molecule has 0 unspecified atom stereocenters. The Morgan fingerprint density at radius 3 is 2.25 bits per heavy atom. The molecule has 0 saturated carbocycles. The molecule has 0 aliphatic carbocycles. The topological polar surface area (TPSA) is 55.4 Å². The SMILES string of the molecule is COc1cc(C)c(C)cc1NC(=O)C(C)=O. The number of carbonyl (C=O) groups excluding carboxylic acids is 2. The number of anilines is 1. The molecule has 0 bridgehead atoms. The summed E-state index contributed by atoms with van der Waals surface area (Å²) >= 11 is 0. The van der Waals surface area contributed by atoms with E-state index in [-0.39, 0.29) is 0 Å². The van der Waals surface area contributed by atoms with E-state index in [9.17, 15) is 9.59 Å². The normalized spacial score (nSPS) is 9.75. The number of Topliss-reactive ketones (excluding diaryl/α,β-unsaturated/α-hetero) is 1. The van der Waals surface area contributed by atoms with Gasteiger partial charge in [0.2, 0.25) is 5.78 Å². The lowest BCUT2D eigenvalue weighted by atomic mass is 10.1. The fourth-order valence-corrected chi connectivity index (χ4v) is 1.27. The van der Waals surface area contributed by atoms with E-state index in [2.05, 4.69) is 5.32 Å². The molecule has 1 aromatic carbocycles. The highest BCUT2D eigenvalue weighted by atomic mass is 16.5. The van der Waals surface area contributed by atoms with Gasteiger partial charge in [0.05, 0.1) is 12.8 Å². The zero-order chi connectivity index (χ0) is 12.3. The highest BCUT2D eigenvalue weighted by Crippen LogP contribution is 2.27. The smallest absolute Gasteiger partial charge is 0.291 e. The number of carbonyl (C=O) groups is 2. The molecule has 0 heterocycles. The van der Waals surface area contributed by atoms with Gasteiger partial charge in [0.25, 0.3) is 5.91 Å². The van der Waals surface area contributed by atoms with Crippen LogP contribution < -0.4 is 10.1 Å². The van der Waals surface area contributed by atoms with E-state index in [1.807, 2.05) is 19.9 Å². The maximum absolute atomic E-state index is 11.3. The predicted molar refractivity (Wildman–Crippen MR) is 61.8 cm³/mol. The second-order valence-electron chi connectivity index (χ2n) is 3.65. The lowest BCUT2D eigenvalue weighted by Crippen LogP contribution is -2.20. The second kappa shape index (κ2) is 4.79. The summed E-state index contributed by atoms with van der Waals surface area (Å²) in [6, 6.07) is 3.61. The van der Waals surface area contributed by atoms with Gasteiger partial charge in [-0.25, -0.2) is 0 Å². The Morgan fingerprint density at radius 1 is 1.19 bits per heavy atom. The number of hydrogen-bond acceptors (Lipinski definition) is 3. The van der Waals surface area contributed by atoms with Gasteiger partial charge in [-0.1, -0.05) is 0 Å². The van der Waals surface area contributed by atoms with Crippen molar-refractivity contribution in [3.8, 4) is 5.75 Å². The van der Waals surface area contributed by atoms with Gasteiger partial charge in [0, 0.05) is 6.92 Å². The van der Waals surface area contributed by atoms with Crippen molar-refractivity contribution >= 4 is 17.4 Å². The average Bonchev–Trinajstić information content (AvgIpc) is 2.22. The Balaban J connectivity index is 3.08. The van der Waals surface area contributed by atoms with Crippen molar-refractivity contribution in [2.75, 3.05) is 12.4 Å². The van der Waals surface area contributed by atoms with E-state index in [0.717, 1.165) is 11.1 Å². The van der Waals surface area contributed by atoms with Gasteiger partial charge < -0.3 is 10.1 Å². The third kappa shape index (κ3) is 2.59. The molecule has 4 nitrogen and oxygen atoms in total. The average molecular weight is 221 g/mol. The zero-order valence-corrected chi connectivity index (χ0v) is 9.88. The van der Waals surface area contributed by atoms with Gasteiger partial charge in [0.15, 0.2) is 0 Å². The van der Waals surface area contributed by atoms with Crippen LogP contribution in [0.2, 0.25) is 0 Å². The molecule has 0 fully saturated rings. The summed E-state index contributed by atoms with van der Waals surface area (Å²) in [6.07, 6.45) is 0. The van der Waals surface area contributed by atoms with Crippen molar-refractivity contribution < 1.29 is 14.3 Å². The van der Waals surface area contributed by atoms with Gasteiger partial charge >= 0.3 is 0 Å². The number of aryl methyl sites for hydroxylation is 2. The van der Waals surface area contributed by atoms with E-state index < -0.39 is 11.7 Å². The van der Waals surface area contributed by atoms with E-state index in [1.54, 1.807) is 6.07 Å². The van der Waals surface area contributed by atoms with Crippen LogP contribution in [0.25, 0.3) is 0 Å². The van der Waals surface area contributed by atoms with Crippen molar-refractivity contribution in [3.05, 3.63) is 23.3 Å². The van der Waals surface area contributed by atoms with E-state index in [0.29, 0.717) is 11.4 Å². The van der Waals surface area contributed by atoms with Crippen LogP contribution in [-0.4, -0.2) is 18.8 Å². The molecule has 0 spiro atoms. The highest BCUT2D eigenvalue weighted by molar-refractivity contribution is 6.39. The minimum absolute atomic E-state index is 0.519. The Labute approximate surface area is 94.6 Å². The first kappa shape index (κ1) is 12.2. The maximum Gasteiger partial charge on any atom is 0.291 e. The number of rotatable bonds is 3. The van der Waals surface area contributed by atoms with Crippen molar-refractivity contribution in [3.63, 3.8) is 0 Å². The molecule has 16 heavy (non-hydrogen) atoms. The lowest BCUT2D eigenvalue weighted by molar-refractivity contribution is -0.133. The highest BCUT2D eigenvalue weighted by Gasteiger charge is 2.12. The molecule has 0 aliphatic rings. The summed E-state index contributed by atoms with van der Waals surface area (Å²) in [5.41, 5.74) is 2.61. The number of nitrogens with one attached hydrogen (secondary N) is 1. The van der Waals surface area contributed by atoms with Crippen LogP contribution in [0.15, 0.2) is 12.1 Å². The molecular formula is C12H15NO3. The summed E-state index contributed by atoms with van der Waals surface area (Å²) in [7, 11) is 1.52. The molecule has 1 amide bonds. The third-order valence-corrected chi connectivity index (χ3v) is 2.38. The molecule has 86 valence electrons. The largest absolute Gasteiger partial charge is 0.495 e. The number of benzene rings is 1. The van der Waals surface area contributed by atoms with Crippen molar-refractivity contribution in [2.45, 2.75) is 20.8 Å². The first-order chi connectivity index (χ1) is 7.45. The molecule has 0 aliphatic heterocycles. The van der Waals surface area contributed by atoms with Crippen molar-refractivity contribution in [1.82, 2.24) is 0 Å². The first-order valence-electron chi connectivity index (χ1n) is 4.93. The first-order valence-corrected chi connectivity index (χ1v) is 4.93. The fraction of sp³-hybridized carbons (Fsp3) is 0.333. The quantitative estimate of drug-likeness (QED) is 0.792. The Kier molecular flexibility index (Phi) is 3.66. The minimum Gasteiger partial charge on any atom is -0.495 e. The Morgan fingerprint density at radius 2 is 1.75 bits per heavy atom. The molecule has 0 radical (unpaired) electrons. The van der Waals surface area contributed by atoms with Crippen LogP contribution in [0.3, 0.4) is 0 Å². The summed E-state index contributed by atoms with van der Waals surface area (Å²) in [6.45, 7) is 5.11. The van der Waals surface area contributed by atoms with Crippen LogP contribution >= 0.6 is 0 Å². The van der Waals surface area contributed by atoms with E-state index in [1.165, 1.54) is 14.0 Å². The van der Waals surface area contributed by atoms with Gasteiger partial charge in [-0.3, -0.25) is 9.59 Å². The molecule has 0 aromatic heterocycles. The molecule has 1 rings (SSSR count). The summed E-state index contributed by atoms with van der Waals surface area (Å²) in [4.78, 5) is 22.1. The van der Waals surface area contributed by atoms with Crippen molar-refractivity contribution in [2.24, 2.45) is 0 Å². The van der Waals surface area contributed by atoms with Gasteiger partial charge in [-0.2, -0.15) is 0 Å². The van der Waals surface area contributed by atoms with Crippen LogP contribution in [0.1, 0.15) is 18.1 Å². The molecule has 0 atom stereocenters. The summed E-state index contributed by atoms with van der Waals surface area (Å²) < 4.78 is 5.14. The Bertz CT molecular complexity index is 438. The van der Waals surface area contributed by atoms with Gasteiger partial charge in [-0.05, 0) is 37.1 Å². The summed E-state index contributed by atoms with van der Waals surface area (Å²) in [5.74, 6) is -0.612. The monoisotopic (exact) mass is 221 g/mol. The van der Waals surface area contributed by atoms with Crippen LogP contribution in [0.5, 0.6) is 5.75 Å². The third-order valence-electron chi connectivity index (χ3n) is 2.38. The van der Waals surface area contributed by atoms with Gasteiger partial charge in [-0.15, -0.1) is 0 Å². The second-order valence-corrected chi connectivity index (χ2v) is 3.65. The van der Waals surface area contributed by atoms with E-state index in [4.69, 9.17) is 4.74 Å². The van der Waals surface area contributed by atoms with Crippen LogP contribution in [-0.2, 0) is 9.59 Å². The predicted octanol–water partition coefficient (Wildman–Crippen LogP) is 1.84. The molecular weight excluding hydrogens is 206 g/mol. The minimum atomic E-state index is -0.637. The fourth-order valence-electron chi connectivity index (χ4n) is 1.27. The molecule has 0 saturated heterocycles. The zero-order valence-electron chi connectivity index (χ0n) is 9.88. The lowest BCUT2D eigenvalue weighted by Gasteiger charge is -2.11. The number of hydrogen-bond donors (Lipinski definition) is 1. The number of ketones is 1. The molecule has 1 aromatic rings. The standard InChI is InChI=1S/C12H15NO3/c1-7-5-10(13-12(15)9(3)14)11(16-4)6-8(7)2/h5-6H,1-4H3,(H,13,15). The van der Waals surface area contributed by atoms with Crippen molar-refractivity contribution in [1.29, 1.82) is 0 Å².